The second-order valence-corrected chi connectivity index (χ2v) is 3.91. The topological polar surface area (TPSA) is 57.6 Å². The summed E-state index contributed by atoms with van der Waals surface area (Å²) in [7, 11) is 0. The Balaban J connectivity index is 2.12. The van der Waals surface area contributed by atoms with Crippen LogP contribution >= 0.6 is 0 Å². The van der Waals surface area contributed by atoms with Crippen molar-refractivity contribution in [1.29, 1.82) is 0 Å². The Morgan fingerprint density at radius 1 is 1.29 bits per heavy atom. The number of carboxylic acid groups (broad SMARTS) is 1. The molecule has 17 heavy (non-hydrogen) atoms. The van der Waals surface area contributed by atoms with Crippen LogP contribution in [0.3, 0.4) is 0 Å². The van der Waals surface area contributed by atoms with Gasteiger partial charge in [0, 0.05) is 24.7 Å². The molecular weight excluding hydrogens is 218 g/mol. The minimum absolute atomic E-state index is 0.152. The van der Waals surface area contributed by atoms with Gasteiger partial charge in [-0.1, -0.05) is 12.1 Å². The number of rotatable bonds is 3. The zero-order valence-electron chi connectivity index (χ0n) is 9.30. The van der Waals surface area contributed by atoms with Crippen LogP contribution in [-0.2, 0) is 9.59 Å². The highest BCUT2D eigenvalue weighted by Gasteiger charge is 2.21. The van der Waals surface area contributed by atoms with Gasteiger partial charge in [-0.2, -0.15) is 0 Å². The zero-order chi connectivity index (χ0) is 12.3. The Labute approximate surface area is 99.2 Å². The second-order valence-electron chi connectivity index (χ2n) is 3.91. The lowest BCUT2D eigenvalue weighted by Crippen LogP contribution is -2.23. The fourth-order valence-electron chi connectivity index (χ4n) is 1.85. The molecule has 0 radical (unpaired) electrons. The quantitative estimate of drug-likeness (QED) is 0.808. The maximum atomic E-state index is 11.5. The van der Waals surface area contributed by atoms with Crippen molar-refractivity contribution in [3.63, 3.8) is 0 Å². The van der Waals surface area contributed by atoms with E-state index in [1.54, 1.807) is 17.0 Å². The number of aliphatic carboxylic acids is 1. The Kier molecular flexibility index (Phi) is 3.23. The first kappa shape index (κ1) is 11.4. The van der Waals surface area contributed by atoms with Gasteiger partial charge >= 0.3 is 5.97 Å². The third-order valence-corrected chi connectivity index (χ3v) is 2.70. The molecule has 1 aliphatic heterocycles. The fraction of sp³-hybridized carbons (Fsp3) is 0.231. The van der Waals surface area contributed by atoms with Crippen LogP contribution in [0.15, 0.2) is 30.3 Å². The molecule has 1 aromatic carbocycles. The molecule has 0 saturated carbocycles. The van der Waals surface area contributed by atoms with Crippen molar-refractivity contribution >= 4 is 23.6 Å². The van der Waals surface area contributed by atoms with Crippen molar-refractivity contribution in [1.82, 2.24) is 0 Å². The molecule has 1 fully saturated rings. The van der Waals surface area contributed by atoms with E-state index in [-0.39, 0.29) is 5.91 Å². The maximum Gasteiger partial charge on any atom is 0.328 e. The fourth-order valence-corrected chi connectivity index (χ4v) is 1.85. The highest BCUT2D eigenvalue weighted by molar-refractivity contribution is 5.95. The van der Waals surface area contributed by atoms with Gasteiger partial charge in [0.05, 0.1) is 0 Å². The summed E-state index contributed by atoms with van der Waals surface area (Å²) in [6.45, 7) is 0.767. The summed E-state index contributed by atoms with van der Waals surface area (Å²) in [5.74, 6) is -0.817. The summed E-state index contributed by atoms with van der Waals surface area (Å²) >= 11 is 0. The standard InChI is InChI=1S/C13H13NO3/c15-12-2-1-9-14(12)11-6-3-10(4-7-11)5-8-13(16)17/h3-8H,1-2,9H2,(H,16,17)/b8-5+. The molecule has 1 N–H and O–H groups in total. The number of carboxylic acids is 1. The molecule has 0 bridgehead atoms. The second kappa shape index (κ2) is 4.82. The van der Waals surface area contributed by atoms with Gasteiger partial charge in [0.25, 0.3) is 0 Å². The van der Waals surface area contributed by atoms with Crippen molar-refractivity contribution in [2.75, 3.05) is 11.4 Å². The van der Waals surface area contributed by atoms with Crippen molar-refractivity contribution in [3.05, 3.63) is 35.9 Å². The molecular formula is C13H13NO3. The van der Waals surface area contributed by atoms with Crippen molar-refractivity contribution in [2.24, 2.45) is 0 Å². The van der Waals surface area contributed by atoms with Gasteiger partial charge in [-0.15, -0.1) is 0 Å². The van der Waals surface area contributed by atoms with E-state index >= 15 is 0 Å². The molecule has 0 aliphatic carbocycles. The Hall–Kier alpha value is -2.10. The molecule has 4 nitrogen and oxygen atoms in total. The molecule has 1 heterocycles. The van der Waals surface area contributed by atoms with E-state index in [2.05, 4.69) is 0 Å². The van der Waals surface area contributed by atoms with E-state index in [0.29, 0.717) is 6.42 Å². The molecule has 1 amide bonds. The lowest BCUT2D eigenvalue weighted by molar-refractivity contribution is -0.131. The van der Waals surface area contributed by atoms with Crippen molar-refractivity contribution in [3.8, 4) is 0 Å². The van der Waals surface area contributed by atoms with Gasteiger partial charge in [0.15, 0.2) is 0 Å². The minimum Gasteiger partial charge on any atom is -0.478 e. The van der Waals surface area contributed by atoms with E-state index < -0.39 is 5.97 Å². The molecule has 0 atom stereocenters. The molecule has 1 saturated heterocycles. The number of carbonyl (C=O) groups is 2. The molecule has 2 rings (SSSR count). The Bertz CT molecular complexity index is 462. The molecule has 4 heteroatoms. The van der Waals surface area contributed by atoms with Crippen molar-refractivity contribution < 1.29 is 14.7 Å². The SMILES string of the molecule is O=C(O)/C=C/c1ccc(N2CCCC2=O)cc1. The van der Waals surface area contributed by atoms with Gasteiger partial charge in [0.1, 0.15) is 0 Å². The highest BCUT2D eigenvalue weighted by atomic mass is 16.4. The van der Waals surface area contributed by atoms with Gasteiger partial charge in [-0.3, -0.25) is 4.79 Å². The van der Waals surface area contributed by atoms with Crippen LogP contribution in [0, 0.1) is 0 Å². The lowest BCUT2D eigenvalue weighted by atomic mass is 10.2. The van der Waals surface area contributed by atoms with Crippen LogP contribution in [0.25, 0.3) is 6.08 Å². The Morgan fingerprint density at radius 3 is 2.53 bits per heavy atom. The molecule has 0 unspecified atom stereocenters. The van der Waals surface area contributed by atoms with E-state index in [9.17, 15) is 9.59 Å². The largest absolute Gasteiger partial charge is 0.478 e. The van der Waals surface area contributed by atoms with Gasteiger partial charge in [-0.05, 0) is 30.2 Å². The minimum atomic E-state index is -0.969. The Morgan fingerprint density at radius 2 is 2.00 bits per heavy atom. The van der Waals surface area contributed by atoms with E-state index in [1.807, 2.05) is 12.1 Å². The number of carbonyl (C=O) groups excluding carboxylic acids is 1. The number of hydrogen-bond donors (Lipinski definition) is 1. The predicted octanol–water partition coefficient (Wildman–Crippen LogP) is 1.91. The number of anilines is 1. The van der Waals surface area contributed by atoms with Gasteiger partial charge in [-0.25, -0.2) is 4.79 Å². The van der Waals surface area contributed by atoms with Crippen LogP contribution in [0.2, 0.25) is 0 Å². The van der Waals surface area contributed by atoms with Crippen LogP contribution in [0.4, 0.5) is 5.69 Å². The average Bonchev–Trinajstić information content (AvgIpc) is 2.73. The summed E-state index contributed by atoms with van der Waals surface area (Å²) in [6.07, 6.45) is 4.13. The van der Waals surface area contributed by atoms with Gasteiger partial charge in [0.2, 0.25) is 5.91 Å². The molecule has 0 spiro atoms. The molecule has 1 aromatic rings. The number of hydrogen-bond acceptors (Lipinski definition) is 2. The number of benzene rings is 1. The summed E-state index contributed by atoms with van der Waals surface area (Å²) in [4.78, 5) is 23.6. The first-order valence-electron chi connectivity index (χ1n) is 5.48. The third-order valence-electron chi connectivity index (χ3n) is 2.70. The van der Waals surface area contributed by atoms with E-state index in [4.69, 9.17) is 5.11 Å². The first-order valence-corrected chi connectivity index (χ1v) is 5.48. The van der Waals surface area contributed by atoms with Crippen LogP contribution in [0.5, 0.6) is 0 Å². The number of amides is 1. The smallest absolute Gasteiger partial charge is 0.328 e. The predicted molar refractivity (Wildman–Crippen MR) is 64.7 cm³/mol. The molecule has 1 aliphatic rings. The monoisotopic (exact) mass is 231 g/mol. The maximum absolute atomic E-state index is 11.5. The normalized spacial score (nSPS) is 15.8. The third kappa shape index (κ3) is 2.72. The summed E-state index contributed by atoms with van der Waals surface area (Å²) < 4.78 is 0. The average molecular weight is 231 g/mol. The highest BCUT2D eigenvalue weighted by Crippen LogP contribution is 2.21. The number of nitrogens with zero attached hydrogens (tertiary/aromatic N) is 1. The molecule has 0 aromatic heterocycles. The van der Waals surface area contributed by atoms with Crippen LogP contribution < -0.4 is 4.90 Å². The van der Waals surface area contributed by atoms with Crippen LogP contribution in [0.1, 0.15) is 18.4 Å². The summed E-state index contributed by atoms with van der Waals surface area (Å²) in [6, 6.07) is 7.29. The van der Waals surface area contributed by atoms with Crippen LogP contribution in [-0.4, -0.2) is 23.5 Å². The summed E-state index contributed by atoms with van der Waals surface area (Å²) in [5.41, 5.74) is 1.68. The van der Waals surface area contributed by atoms with Crippen molar-refractivity contribution in [2.45, 2.75) is 12.8 Å². The summed E-state index contributed by atoms with van der Waals surface area (Å²) in [5, 5.41) is 8.50. The lowest BCUT2D eigenvalue weighted by Gasteiger charge is -2.15. The van der Waals surface area contributed by atoms with E-state index in [0.717, 1.165) is 30.3 Å². The van der Waals surface area contributed by atoms with Gasteiger partial charge < -0.3 is 10.0 Å². The first-order chi connectivity index (χ1) is 8.16. The van der Waals surface area contributed by atoms with E-state index in [1.165, 1.54) is 6.08 Å². The molecule has 88 valence electrons. The zero-order valence-corrected chi connectivity index (χ0v) is 9.30.